The minimum Gasteiger partial charge on any atom is -0.382 e. The molecule has 0 unspecified atom stereocenters. The third-order valence-electron chi connectivity index (χ3n) is 11.3. The zero-order valence-electron chi connectivity index (χ0n) is 45.5. The number of nitrogens with zero attached hydrogens (tertiary/aromatic N) is 11. The molecule has 14 N–H and O–H groups in total. The van der Waals surface area contributed by atoms with Crippen LogP contribution in [0.5, 0.6) is 0 Å². The predicted octanol–water partition coefficient (Wildman–Crippen LogP) is 11.1. The Bertz CT molecular complexity index is 4570. The molecule has 13 aromatic rings. The zero-order valence-corrected chi connectivity index (χ0v) is 61.7. The van der Waals surface area contributed by atoms with E-state index in [4.69, 9.17) is 63.6 Å². The number of hydrogen-bond donors (Lipinski definition) is 11. The Morgan fingerprint density at radius 1 is 0.560 bits per heavy atom. The quantitative estimate of drug-likeness (QED) is 0.0472. The minimum atomic E-state index is -0.700. The molecule has 91 heavy (non-hydrogen) atoms. The molecule has 0 atom stereocenters. The number of pyridine rings is 1. The summed E-state index contributed by atoms with van der Waals surface area (Å²) in [6.07, 6.45) is 10.6. The molecule has 9 heterocycles. The fraction of sp³-hybridized carbons (Fsp3) is 0.0364. The number of halogens is 10. The summed E-state index contributed by atoms with van der Waals surface area (Å²) >= 11 is 33.3. The van der Waals surface area contributed by atoms with Crippen LogP contribution >= 0.6 is 145 Å². The molecule has 3 amide bonds. The summed E-state index contributed by atoms with van der Waals surface area (Å²) in [7, 11) is 0. The number of nitrogens with two attached hydrogens (primary N) is 3. The number of anilines is 4. The van der Waals surface area contributed by atoms with E-state index in [1.165, 1.54) is 31.4 Å². The summed E-state index contributed by atoms with van der Waals surface area (Å²) < 4.78 is 0. The van der Waals surface area contributed by atoms with Crippen LogP contribution in [0.4, 0.5) is 23.1 Å². The zero-order chi connectivity index (χ0) is 64.0. The first-order valence-corrected chi connectivity index (χ1v) is 45.1. The van der Waals surface area contributed by atoms with Gasteiger partial charge < -0.3 is 57.7 Å². The molecule has 4 aromatic carbocycles. The van der Waals surface area contributed by atoms with Gasteiger partial charge in [0.25, 0.3) is 23.3 Å². The number of aromatic nitrogens is 17. The van der Waals surface area contributed by atoms with Gasteiger partial charge in [-0.15, -0.1) is 24.0 Å². The Morgan fingerprint density at radius 2 is 1.05 bits per heavy atom. The van der Waals surface area contributed by atoms with Crippen LogP contribution in [0.25, 0.3) is 67.7 Å². The van der Waals surface area contributed by atoms with E-state index >= 15 is 0 Å². The van der Waals surface area contributed by atoms with Gasteiger partial charge in [0.05, 0.1) is 31.6 Å². The summed E-state index contributed by atoms with van der Waals surface area (Å²) in [6.45, 7) is 1.99. The molecular weight excluding hydrogens is 1940 g/mol. The van der Waals surface area contributed by atoms with Crippen molar-refractivity contribution in [3.63, 3.8) is 0 Å². The SMILES string of the molecule is C.Cc1cccc(-c2nc3nc[nH]c3c(=O)[nH]2)c1.Clc1cccc(-c2nc(Cl)c3[nH]cnc3n2)c1.Clc1cccc(-c2nc(Nc3ccncc3)c3[nH]cnc3n2)c1.I.II.I[I-]I.NC(=O)c1[nH]cnc1N.NC(=O)c1[nH]cnc1NC(=O)c1cccc(Cl)c1. The molecule has 26 nitrogen and oxygen atoms in total. The van der Waals surface area contributed by atoms with Gasteiger partial charge in [-0.05, 0) is 67.6 Å². The summed E-state index contributed by atoms with van der Waals surface area (Å²) in [5.74, 6) is 0.772. The molecule has 0 spiro atoms. The van der Waals surface area contributed by atoms with Crippen LogP contribution in [0.1, 0.15) is 44.3 Å². The van der Waals surface area contributed by atoms with Crippen LogP contribution < -0.4 is 46.6 Å². The van der Waals surface area contributed by atoms with Gasteiger partial charge in [0.15, 0.2) is 56.7 Å². The number of nitrogens with one attached hydrogen (secondary N) is 8. The van der Waals surface area contributed by atoms with Crippen LogP contribution in [0.2, 0.25) is 20.2 Å². The topological polar surface area (TPSA) is 407 Å². The number of benzene rings is 4. The number of carbonyl (C=O) groups excluding carboxylic acids is 3. The molecule has 0 saturated carbocycles. The van der Waals surface area contributed by atoms with Crippen molar-refractivity contribution in [1.29, 1.82) is 0 Å². The van der Waals surface area contributed by atoms with Crippen molar-refractivity contribution in [1.82, 2.24) is 84.7 Å². The van der Waals surface area contributed by atoms with Crippen LogP contribution in [0.15, 0.2) is 158 Å². The van der Waals surface area contributed by atoms with Gasteiger partial charge in [-0.25, -0.2) is 49.8 Å². The van der Waals surface area contributed by atoms with E-state index in [1.807, 2.05) is 79.7 Å². The Hall–Kier alpha value is -6.55. The molecule has 13 rings (SSSR count). The number of aromatic amines is 6. The van der Waals surface area contributed by atoms with Gasteiger partial charge in [-0.2, -0.15) is 0 Å². The van der Waals surface area contributed by atoms with Crippen molar-refractivity contribution < 1.29 is 27.6 Å². The number of H-pyrrole nitrogens is 6. The number of nitrogen functional groups attached to an aromatic ring is 1. The third kappa shape index (κ3) is 21.8. The molecule has 0 fully saturated rings. The van der Waals surface area contributed by atoms with Crippen molar-refractivity contribution in [2.75, 3.05) is 16.4 Å². The molecule has 0 radical (unpaired) electrons. The van der Waals surface area contributed by atoms with Crippen molar-refractivity contribution in [2.24, 2.45) is 11.5 Å². The fourth-order valence-electron chi connectivity index (χ4n) is 7.47. The fourth-order valence-corrected chi connectivity index (χ4v) is 8.26. The van der Waals surface area contributed by atoms with Crippen LogP contribution in [-0.2, 0) is 0 Å². The van der Waals surface area contributed by atoms with Crippen molar-refractivity contribution in [2.45, 2.75) is 14.4 Å². The molecule has 472 valence electrons. The van der Waals surface area contributed by atoms with Crippen LogP contribution in [0, 0.1) is 6.92 Å². The van der Waals surface area contributed by atoms with Gasteiger partial charge >= 0.3 is 50.5 Å². The standard InChI is InChI=1S/C16H11ClN6.C12H10N4O.C11H6Cl2N4.C11H9ClN4O2.C4H6N4O.CH4.I3.I2.HI/c17-11-3-1-2-10(8-11)14-22-15-13(19-9-20-15)16(23-14)21-12-4-6-18-7-5-12;1-7-3-2-4-8(5-7)10-15-11-9(12(17)16-10)13-6-14-11;12-7-3-1-2-6(4-7)10-16-9(13)8-11(17-10)15-5-14-8;12-7-3-1-2-6(4-7)11(18)16-10-8(9(13)17)14-5-15-10;5-3-2(4(6)9)7-1-8-3;;1-3-2;1-2;/h1-9H,(H2,18,19,20,21,22,23);2-6H,1H3,(H2,13,14,15,16,17);1-5H,(H,14,15,16,17);1-5H,(H2,13,17)(H,14,15)(H,16,18);1H,5H2,(H2,6,9)(H,7,8);1H4;;;1H/q;;;;;;-1;;. The largest absolute Gasteiger partial charge is 0.382 e. The average molecular weight is 1980 g/mol. The first-order chi connectivity index (χ1) is 43.0. The first kappa shape index (κ1) is 75.2. The maximum absolute atomic E-state index is 11.9. The van der Waals surface area contributed by atoms with Gasteiger partial charge in [0, 0.05) is 92.6 Å². The summed E-state index contributed by atoms with van der Waals surface area (Å²) in [5.41, 5.74) is 23.4. The second-order valence-corrected chi connectivity index (χ2v) is 35.2. The Kier molecular flexibility index (Phi) is 31.3. The Labute approximate surface area is 606 Å². The normalized spacial score (nSPS) is 10.0. The molecule has 0 saturated heterocycles. The summed E-state index contributed by atoms with van der Waals surface area (Å²) in [5, 5.41) is 7.80. The Balaban J connectivity index is 0.000000206. The van der Waals surface area contributed by atoms with Gasteiger partial charge in [0.2, 0.25) is 0 Å². The second-order valence-electron chi connectivity index (χ2n) is 17.2. The number of fused-ring (bicyclic) bond motifs is 3. The Morgan fingerprint density at radius 3 is 1.60 bits per heavy atom. The molecule has 9 aromatic heterocycles. The predicted molar refractivity (Wildman–Crippen MR) is 398 cm³/mol. The van der Waals surface area contributed by atoms with Gasteiger partial charge in [-0.1, -0.05) is 108 Å². The van der Waals surface area contributed by atoms with Gasteiger partial charge in [-0.3, -0.25) is 24.2 Å². The average Bonchev–Trinajstić information content (AvgIpc) is 1.90. The van der Waals surface area contributed by atoms with E-state index in [0.717, 1.165) is 33.5 Å². The number of primary amides is 2. The van der Waals surface area contributed by atoms with Gasteiger partial charge in [0.1, 0.15) is 28.2 Å². The number of imidazole rings is 5. The van der Waals surface area contributed by atoms with Crippen molar-refractivity contribution in [3.05, 3.63) is 206 Å². The monoisotopic (exact) mass is 1980 g/mol. The van der Waals surface area contributed by atoms with Crippen LogP contribution in [0.3, 0.4) is 0 Å². The molecule has 0 aliphatic carbocycles. The first-order valence-electron chi connectivity index (χ1n) is 24.8. The summed E-state index contributed by atoms with van der Waals surface area (Å²) in [6, 6.07) is 32.6. The summed E-state index contributed by atoms with van der Waals surface area (Å²) in [4.78, 5) is 107. The number of aryl methyl sites for hydroxylation is 1. The van der Waals surface area contributed by atoms with E-state index in [9.17, 15) is 19.2 Å². The molecule has 0 bridgehead atoms. The molecule has 0 aliphatic rings. The van der Waals surface area contributed by atoms with Crippen LogP contribution in [-0.4, -0.2) is 102 Å². The van der Waals surface area contributed by atoms with Crippen molar-refractivity contribution in [3.8, 4) is 34.2 Å². The maximum Gasteiger partial charge on any atom is 0.269 e. The van der Waals surface area contributed by atoms with E-state index in [2.05, 4.69) is 170 Å². The molecule has 36 heteroatoms. The smallest absolute Gasteiger partial charge is 0.269 e. The minimum absolute atomic E-state index is 0. The molecule has 0 aliphatic heterocycles. The maximum atomic E-state index is 11.9. The molecular formula is C55H47Cl4I6N22O4-. The number of rotatable bonds is 9. The number of carbonyl (C=O) groups is 3. The third-order valence-corrected chi connectivity index (χ3v) is 12.3. The van der Waals surface area contributed by atoms with E-state index in [-0.39, 0.29) is 60.0 Å². The van der Waals surface area contributed by atoms with E-state index in [1.54, 1.807) is 49.1 Å². The van der Waals surface area contributed by atoms with E-state index < -0.39 is 17.7 Å². The second kappa shape index (κ2) is 37.8. The van der Waals surface area contributed by atoms with E-state index in [0.29, 0.717) is 90.3 Å². The van der Waals surface area contributed by atoms with Crippen molar-refractivity contribution >= 4 is 219 Å². The number of amides is 3. The number of hydrogen-bond acceptors (Lipinski definition) is 17.